The highest BCUT2D eigenvalue weighted by Crippen LogP contribution is 2.10. The van der Waals surface area contributed by atoms with Crippen molar-refractivity contribution >= 4 is 6.09 Å². The molecular formula is C9H16N2O2. The van der Waals surface area contributed by atoms with Crippen molar-refractivity contribution in [3.8, 4) is 0 Å². The van der Waals surface area contributed by atoms with Gasteiger partial charge in [0.2, 0.25) is 0 Å². The van der Waals surface area contributed by atoms with Crippen LogP contribution >= 0.6 is 0 Å². The molecule has 0 spiro atoms. The summed E-state index contributed by atoms with van der Waals surface area (Å²) in [4.78, 5) is 13.0. The van der Waals surface area contributed by atoms with Crippen LogP contribution < -0.4 is 5.32 Å². The lowest BCUT2D eigenvalue weighted by molar-refractivity contribution is 0.0959. The fourth-order valence-electron chi connectivity index (χ4n) is 1.44. The molecule has 1 N–H and O–H groups in total. The molecule has 0 aromatic carbocycles. The topological polar surface area (TPSA) is 41.6 Å². The Bertz CT molecular complexity index is 165. The van der Waals surface area contributed by atoms with E-state index < -0.39 is 0 Å². The summed E-state index contributed by atoms with van der Waals surface area (Å²) in [6, 6.07) is 0.339. The molecule has 0 atom stereocenters. The van der Waals surface area contributed by atoms with Crippen molar-refractivity contribution in [3.63, 3.8) is 0 Å². The molecule has 1 aliphatic heterocycles. The van der Waals surface area contributed by atoms with Crippen LogP contribution in [-0.2, 0) is 4.74 Å². The molecule has 2 radical (unpaired) electrons. The van der Waals surface area contributed by atoms with E-state index in [0.717, 1.165) is 25.9 Å². The van der Waals surface area contributed by atoms with Crippen molar-refractivity contribution in [1.82, 2.24) is 10.2 Å². The second-order valence-corrected chi connectivity index (χ2v) is 3.13. The number of amides is 1. The molecule has 0 bridgehead atoms. The Labute approximate surface area is 79.2 Å². The zero-order valence-corrected chi connectivity index (χ0v) is 7.95. The van der Waals surface area contributed by atoms with Crippen molar-refractivity contribution < 1.29 is 9.53 Å². The van der Waals surface area contributed by atoms with E-state index in [2.05, 4.69) is 5.32 Å². The first-order chi connectivity index (χ1) is 6.27. The Morgan fingerprint density at radius 1 is 1.62 bits per heavy atom. The van der Waals surface area contributed by atoms with Crippen LogP contribution in [0.3, 0.4) is 0 Å². The molecule has 13 heavy (non-hydrogen) atoms. The lowest BCUT2D eigenvalue weighted by Gasteiger charge is -2.30. The van der Waals surface area contributed by atoms with Crippen molar-refractivity contribution in [1.29, 1.82) is 0 Å². The van der Waals surface area contributed by atoms with Crippen molar-refractivity contribution in [2.45, 2.75) is 25.8 Å². The highest BCUT2D eigenvalue weighted by molar-refractivity contribution is 5.67. The van der Waals surface area contributed by atoms with Crippen LogP contribution in [0.15, 0.2) is 0 Å². The summed E-state index contributed by atoms with van der Waals surface area (Å²) < 4.78 is 4.89. The number of nitrogens with zero attached hydrogens (tertiary/aromatic N) is 1. The second-order valence-electron chi connectivity index (χ2n) is 3.13. The van der Waals surface area contributed by atoms with Gasteiger partial charge in [-0.25, -0.2) is 4.79 Å². The number of carbonyl (C=O) groups is 1. The van der Waals surface area contributed by atoms with Crippen LogP contribution in [-0.4, -0.2) is 36.7 Å². The van der Waals surface area contributed by atoms with E-state index in [1.54, 1.807) is 4.90 Å². The standard InChI is InChI=1S/C9H16N2O2/c1-3-13-9(12)11-6-4-8(10-2)5-7-11/h2,8,10H,3-7H2,1H3. The van der Waals surface area contributed by atoms with E-state index in [1.807, 2.05) is 6.92 Å². The minimum atomic E-state index is -0.210. The highest BCUT2D eigenvalue weighted by atomic mass is 16.6. The fraction of sp³-hybridized carbons (Fsp3) is 0.778. The third-order valence-corrected chi connectivity index (χ3v) is 2.26. The van der Waals surface area contributed by atoms with Gasteiger partial charge in [0.05, 0.1) is 6.61 Å². The summed E-state index contributed by atoms with van der Waals surface area (Å²) in [6.07, 6.45) is 1.59. The summed E-state index contributed by atoms with van der Waals surface area (Å²) in [7, 11) is 5.30. The summed E-state index contributed by atoms with van der Waals surface area (Å²) in [5, 5.41) is 2.72. The Morgan fingerprint density at radius 2 is 2.23 bits per heavy atom. The van der Waals surface area contributed by atoms with Crippen LogP contribution in [0.1, 0.15) is 19.8 Å². The summed E-state index contributed by atoms with van der Waals surface area (Å²) in [5.41, 5.74) is 0. The summed E-state index contributed by atoms with van der Waals surface area (Å²) >= 11 is 0. The maximum atomic E-state index is 11.2. The minimum absolute atomic E-state index is 0.210. The number of hydrogen-bond acceptors (Lipinski definition) is 3. The Kier molecular flexibility index (Phi) is 4.02. The molecule has 1 amide bonds. The lowest BCUT2D eigenvalue weighted by Crippen LogP contribution is -2.43. The molecule has 0 aromatic rings. The van der Waals surface area contributed by atoms with Gasteiger partial charge in [0.15, 0.2) is 0 Å². The molecule has 1 fully saturated rings. The monoisotopic (exact) mass is 184 g/mol. The van der Waals surface area contributed by atoms with Crippen LogP contribution in [0.4, 0.5) is 4.79 Å². The summed E-state index contributed by atoms with van der Waals surface area (Å²) in [6.45, 7) is 3.71. The van der Waals surface area contributed by atoms with Gasteiger partial charge in [-0.15, -0.1) is 0 Å². The third kappa shape index (κ3) is 2.88. The number of rotatable bonds is 2. The quantitative estimate of drug-likeness (QED) is 0.647. The molecule has 0 unspecified atom stereocenters. The van der Waals surface area contributed by atoms with Crippen molar-refractivity contribution in [3.05, 3.63) is 7.05 Å². The molecule has 4 nitrogen and oxygen atoms in total. The highest BCUT2D eigenvalue weighted by Gasteiger charge is 2.22. The average molecular weight is 184 g/mol. The van der Waals surface area contributed by atoms with E-state index in [4.69, 9.17) is 11.8 Å². The van der Waals surface area contributed by atoms with Crippen LogP contribution in [0.25, 0.3) is 0 Å². The molecule has 74 valence electrons. The number of hydrogen-bond donors (Lipinski definition) is 1. The van der Waals surface area contributed by atoms with Crippen LogP contribution in [0, 0.1) is 7.05 Å². The van der Waals surface area contributed by atoms with Gasteiger partial charge in [0, 0.05) is 26.2 Å². The Balaban J connectivity index is 2.28. The van der Waals surface area contributed by atoms with Crippen molar-refractivity contribution in [2.75, 3.05) is 19.7 Å². The fourth-order valence-corrected chi connectivity index (χ4v) is 1.44. The predicted octanol–water partition coefficient (Wildman–Crippen LogP) is 0.865. The Morgan fingerprint density at radius 3 is 2.69 bits per heavy atom. The van der Waals surface area contributed by atoms with E-state index in [0.29, 0.717) is 12.6 Å². The molecule has 1 rings (SSSR count). The first kappa shape index (κ1) is 10.3. The Hall–Kier alpha value is -0.770. The molecule has 0 aliphatic carbocycles. The van der Waals surface area contributed by atoms with E-state index >= 15 is 0 Å². The molecule has 4 heteroatoms. The number of ether oxygens (including phenoxy) is 1. The van der Waals surface area contributed by atoms with Gasteiger partial charge in [-0.1, -0.05) is 0 Å². The van der Waals surface area contributed by atoms with Gasteiger partial charge in [-0.05, 0) is 19.8 Å². The maximum Gasteiger partial charge on any atom is 0.409 e. The normalized spacial score (nSPS) is 18.8. The molecular weight excluding hydrogens is 168 g/mol. The number of carbonyl (C=O) groups excluding carboxylic acids is 1. The number of nitrogens with one attached hydrogen (secondary N) is 1. The molecule has 0 aromatic heterocycles. The molecule has 1 saturated heterocycles. The van der Waals surface area contributed by atoms with E-state index in [-0.39, 0.29) is 6.09 Å². The largest absolute Gasteiger partial charge is 0.450 e. The SMILES string of the molecule is [CH]NC1CCN(C(=O)OCC)CC1. The minimum Gasteiger partial charge on any atom is -0.450 e. The van der Waals surface area contributed by atoms with Gasteiger partial charge in [-0.2, -0.15) is 0 Å². The molecule has 1 heterocycles. The van der Waals surface area contributed by atoms with Gasteiger partial charge >= 0.3 is 6.09 Å². The smallest absolute Gasteiger partial charge is 0.409 e. The first-order valence-corrected chi connectivity index (χ1v) is 4.65. The third-order valence-electron chi connectivity index (χ3n) is 2.26. The number of likely N-dealkylation sites (tertiary alicyclic amines) is 1. The van der Waals surface area contributed by atoms with Crippen LogP contribution in [0.5, 0.6) is 0 Å². The van der Waals surface area contributed by atoms with Crippen LogP contribution in [0.2, 0.25) is 0 Å². The second kappa shape index (κ2) is 5.07. The zero-order valence-electron chi connectivity index (χ0n) is 7.95. The first-order valence-electron chi connectivity index (χ1n) is 4.65. The lowest BCUT2D eigenvalue weighted by atomic mass is 10.1. The van der Waals surface area contributed by atoms with Gasteiger partial charge in [0.25, 0.3) is 0 Å². The predicted molar refractivity (Wildman–Crippen MR) is 49.1 cm³/mol. The van der Waals surface area contributed by atoms with Gasteiger partial charge in [-0.3, -0.25) is 0 Å². The van der Waals surface area contributed by atoms with Gasteiger partial charge < -0.3 is 15.0 Å². The summed E-state index contributed by atoms with van der Waals surface area (Å²) in [5.74, 6) is 0. The molecule has 0 saturated carbocycles. The van der Waals surface area contributed by atoms with E-state index in [9.17, 15) is 4.79 Å². The molecule has 1 aliphatic rings. The average Bonchev–Trinajstić information content (AvgIpc) is 2.18. The van der Waals surface area contributed by atoms with Crippen molar-refractivity contribution in [2.24, 2.45) is 0 Å². The maximum absolute atomic E-state index is 11.2. The number of piperidine rings is 1. The van der Waals surface area contributed by atoms with Gasteiger partial charge in [0.1, 0.15) is 0 Å². The van der Waals surface area contributed by atoms with E-state index in [1.165, 1.54) is 0 Å². The zero-order chi connectivity index (χ0) is 9.68.